The summed E-state index contributed by atoms with van der Waals surface area (Å²) in [6, 6.07) is 13.1. The van der Waals surface area contributed by atoms with Crippen LogP contribution in [-0.2, 0) is 10.3 Å². The van der Waals surface area contributed by atoms with Crippen molar-refractivity contribution in [3.05, 3.63) is 53.6 Å². The monoisotopic (exact) mass is 384 g/mol. The molecule has 2 aromatic rings. The van der Waals surface area contributed by atoms with Crippen LogP contribution in [0.2, 0.25) is 0 Å². The zero-order chi connectivity index (χ0) is 19.0. The van der Waals surface area contributed by atoms with Crippen molar-refractivity contribution in [3.8, 4) is 11.5 Å². The van der Waals surface area contributed by atoms with Crippen molar-refractivity contribution >= 4 is 23.7 Å². The molecule has 7 heteroatoms. The minimum atomic E-state index is -1.10. The Morgan fingerprint density at radius 3 is 2.63 bits per heavy atom. The zero-order valence-electron chi connectivity index (χ0n) is 15.2. The largest absolute Gasteiger partial charge is 0.454 e. The number of hydrogen-bond donors (Lipinski definition) is 1. The first-order chi connectivity index (χ1) is 13.0. The van der Waals surface area contributed by atoms with Crippen molar-refractivity contribution in [2.24, 2.45) is 0 Å². The Labute approximate surface area is 161 Å². The van der Waals surface area contributed by atoms with Crippen molar-refractivity contribution in [2.75, 3.05) is 19.1 Å². The van der Waals surface area contributed by atoms with Gasteiger partial charge >= 0.3 is 6.03 Å². The van der Waals surface area contributed by atoms with E-state index in [9.17, 15) is 9.59 Å². The first kappa shape index (κ1) is 17.7. The maximum Gasteiger partial charge on any atom is 0.325 e. The van der Waals surface area contributed by atoms with Crippen LogP contribution in [0.25, 0.3) is 0 Å². The lowest BCUT2D eigenvalue weighted by atomic mass is 9.91. The van der Waals surface area contributed by atoms with Gasteiger partial charge < -0.3 is 14.8 Å². The number of benzene rings is 2. The average Bonchev–Trinajstić information content (AvgIpc) is 3.21. The second-order valence-corrected chi connectivity index (χ2v) is 7.91. The Balaban J connectivity index is 1.45. The highest BCUT2D eigenvalue weighted by Gasteiger charge is 2.49. The molecule has 1 saturated heterocycles. The number of carbonyl (C=O) groups excluding carboxylic acids is 2. The van der Waals surface area contributed by atoms with Gasteiger partial charge in [-0.3, -0.25) is 9.69 Å². The number of rotatable bonds is 5. The van der Waals surface area contributed by atoms with Crippen molar-refractivity contribution < 1.29 is 19.1 Å². The predicted octanol–water partition coefficient (Wildman–Crippen LogP) is 3.28. The molecule has 0 radical (unpaired) electrons. The molecule has 3 amide bonds. The van der Waals surface area contributed by atoms with E-state index in [1.54, 1.807) is 36.9 Å². The van der Waals surface area contributed by atoms with E-state index in [4.69, 9.17) is 9.47 Å². The maximum atomic E-state index is 13.0. The Kier molecular flexibility index (Phi) is 4.47. The number of amides is 3. The quantitative estimate of drug-likeness (QED) is 0.633. The first-order valence-electron chi connectivity index (χ1n) is 8.71. The molecule has 0 unspecified atom stereocenters. The molecular weight excluding hydrogens is 364 g/mol. The minimum absolute atomic E-state index is 0.165. The van der Waals surface area contributed by atoms with Crippen molar-refractivity contribution in [3.63, 3.8) is 0 Å². The zero-order valence-corrected chi connectivity index (χ0v) is 16.0. The fraction of sp³-hybridized carbons (Fsp3) is 0.300. The van der Waals surface area contributed by atoms with Gasteiger partial charge in [0.05, 0.1) is 0 Å². The number of thioether (sulfide) groups is 1. The van der Waals surface area contributed by atoms with Crippen LogP contribution in [0.1, 0.15) is 18.1 Å². The minimum Gasteiger partial charge on any atom is -0.454 e. The van der Waals surface area contributed by atoms with E-state index in [1.165, 1.54) is 10.5 Å². The van der Waals surface area contributed by atoms with Crippen LogP contribution in [-0.4, -0.2) is 35.9 Å². The van der Waals surface area contributed by atoms with Gasteiger partial charge in [-0.2, -0.15) is 0 Å². The Bertz CT molecular complexity index is 899. The summed E-state index contributed by atoms with van der Waals surface area (Å²) < 4.78 is 10.7. The van der Waals surface area contributed by atoms with Gasteiger partial charge in [0, 0.05) is 17.2 Å². The molecule has 2 aromatic carbocycles. The molecule has 6 nitrogen and oxygen atoms in total. The summed E-state index contributed by atoms with van der Waals surface area (Å²) in [6.45, 7) is 4.28. The van der Waals surface area contributed by atoms with Crippen LogP contribution in [0.5, 0.6) is 11.5 Å². The Morgan fingerprint density at radius 2 is 1.85 bits per heavy atom. The normalized spacial score (nSPS) is 20.9. The van der Waals surface area contributed by atoms with Crippen molar-refractivity contribution in [1.82, 2.24) is 10.2 Å². The molecule has 1 atom stereocenters. The molecule has 2 aliphatic heterocycles. The van der Waals surface area contributed by atoms with E-state index in [2.05, 4.69) is 5.32 Å². The third-order valence-corrected chi connectivity index (χ3v) is 5.82. The molecule has 0 bridgehead atoms. The number of imide groups is 1. The Hall–Kier alpha value is -2.67. The molecule has 0 saturated carbocycles. The molecule has 4 rings (SSSR count). The lowest BCUT2D eigenvalue weighted by Crippen LogP contribution is -2.41. The fourth-order valence-electron chi connectivity index (χ4n) is 3.19. The predicted molar refractivity (Wildman–Crippen MR) is 102 cm³/mol. The van der Waals surface area contributed by atoms with Gasteiger partial charge in [-0.15, -0.1) is 11.8 Å². The van der Waals surface area contributed by atoms with Crippen LogP contribution < -0.4 is 14.8 Å². The van der Waals surface area contributed by atoms with Gasteiger partial charge in [-0.1, -0.05) is 23.8 Å². The van der Waals surface area contributed by atoms with Crippen LogP contribution >= 0.6 is 11.8 Å². The summed E-state index contributed by atoms with van der Waals surface area (Å²) in [5.74, 6) is 1.62. The molecular formula is C20H20N2O4S. The number of fused-ring (bicyclic) bond motifs is 1. The van der Waals surface area contributed by atoms with Crippen LogP contribution in [0.15, 0.2) is 47.4 Å². The van der Waals surface area contributed by atoms with Crippen LogP contribution in [0.4, 0.5) is 4.79 Å². The third-order valence-electron chi connectivity index (χ3n) is 4.83. The highest BCUT2D eigenvalue weighted by atomic mass is 32.2. The van der Waals surface area contributed by atoms with Crippen LogP contribution in [0.3, 0.4) is 0 Å². The molecule has 140 valence electrons. The number of ether oxygens (including phenoxy) is 2. The van der Waals surface area contributed by atoms with Crippen LogP contribution in [0, 0.1) is 6.92 Å². The van der Waals surface area contributed by atoms with Gasteiger partial charge in [-0.05, 0) is 43.7 Å². The lowest BCUT2D eigenvalue weighted by Gasteiger charge is -2.22. The topological polar surface area (TPSA) is 67.9 Å². The van der Waals surface area contributed by atoms with E-state index in [1.807, 2.05) is 31.2 Å². The average molecular weight is 384 g/mol. The molecule has 1 fully saturated rings. The number of hydrogen-bond acceptors (Lipinski definition) is 5. The summed E-state index contributed by atoms with van der Waals surface area (Å²) >= 11 is 1.62. The number of carbonyl (C=O) groups is 2. The van der Waals surface area contributed by atoms with Crippen molar-refractivity contribution in [2.45, 2.75) is 24.3 Å². The first-order valence-corrected chi connectivity index (χ1v) is 9.70. The number of nitrogens with zero attached hydrogens (tertiary/aromatic N) is 1. The van der Waals surface area contributed by atoms with E-state index in [0.29, 0.717) is 29.4 Å². The third kappa shape index (κ3) is 3.23. The smallest absolute Gasteiger partial charge is 0.325 e. The van der Waals surface area contributed by atoms with E-state index < -0.39 is 5.54 Å². The Morgan fingerprint density at radius 1 is 1.11 bits per heavy atom. The molecule has 0 aromatic heterocycles. The van der Waals surface area contributed by atoms with E-state index in [0.717, 1.165) is 4.90 Å². The molecule has 1 N–H and O–H groups in total. The standard InChI is InChI=1S/C20H20N2O4S/c1-13-3-6-15(7-4-13)27-10-9-22-18(23)20(2,21-19(22)24)14-5-8-16-17(11-14)26-12-25-16/h3-8,11H,9-10,12H2,1-2H3,(H,21,24)/t20-/m1/s1. The lowest BCUT2D eigenvalue weighted by molar-refractivity contribution is -0.130. The number of aryl methyl sites for hydroxylation is 1. The maximum absolute atomic E-state index is 13.0. The molecule has 2 aliphatic rings. The molecule has 27 heavy (non-hydrogen) atoms. The molecule has 0 spiro atoms. The summed E-state index contributed by atoms with van der Waals surface area (Å²) in [5.41, 5.74) is 0.777. The second kappa shape index (κ2) is 6.81. The van der Waals surface area contributed by atoms with Gasteiger partial charge in [-0.25, -0.2) is 4.79 Å². The van der Waals surface area contributed by atoms with E-state index in [-0.39, 0.29) is 18.7 Å². The summed E-state index contributed by atoms with van der Waals surface area (Å²) in [5, 5.41) is 2.83. The summed E-state index contributed by atoms with van der Waals surface area (Å²) in [7, 11) is 0. The van der Waals surface area contributed by atoms with Gasteiger partial charge in [0.2, 0.25) is 6.79 Å². The molecule has 0 aliphatic carbocycles. The highest BCUT2D eigenvalue weighted by Crippen LogP contribution is 2.37. The SMILES string of the molecule is Cc1ccc(SCCN2C(=O)N[C@](C)(c3ccc4c(c3)OCO4)C2=O)cc1. The number of urea groups is 1. The van der Waals surface area contributed by atoms with Gasteiger partial charge in [0.15, 0.2) is 11.5 Å². The number of nitrogens with one attached hydrogen (secondary N) is 1. The van der Waals surface area contributed by atoms with Gasteiger partial charge in [0.1, 0.15) is 5.54 Å². The highest BCUT2D eigenvalue weighted by molar-refractivity contribution is 7.99. The summed E-state index contributed by atoms with van der Waals surface area (Å²) in [6.07, 6.45) is 0. The fourth-order valence-corrected chi connectivity index (χ4v) is 4.03. The van der Waals surface area contributed by atoms with Crippen molar-refractivity contribution in [1.29, 1.82) is 0 Å². The summed E-state index contributed by atoms with van der Waals surface area (Å²) in [4.78, 5) is 27.8. The molecule has 2 heterocycles. The van der Waals surface area contributed by atoms with E-state index >= 15 is 0 Å². The second-order valence-electron chi connectivity index (χ2n) is 6.74. The van der Waals surface area contributed by atoms with Gasteiger partial charge in [0.25, 0.3) is 5.91 Å².